The second kappa shape index (κ2) is 6.39. The van der Waals surface area contributed by atoms with Gasteiger partial charge in [0.1, 0.15) is 23.0 Å². The van der Waals surface area contributed by atoms with Gasteiger partial charge in [0.2, 0.25) is 0 Å². The molecule has 0 unspecified atom stereocenters. The Kier molecular flexibility index (Phi) is 4.24. The fraction of sp³-hybridized carbons (Fsp3) is 0.294. The Labute approximate surface area is 152 Å². The Bertz CT molecular complexity index is 981. The lowest BCUT2D eigenvalue weighted by Gasteiger charge is -2.09. The van der Waals surface area contributed by atoms with Crippen molar-refractivity contribution in [3.63, 3.8) is 0 Å². The number of aryl methyl sites for hydroxylation is 2. The van der Waals surface area contributed by atoms with Gasteiger partial charge in [-0.3, -0.25) is 4.79 Å². The molecule has 0 atom stereocenters. The number of hydrogen-bond acceptors (Lipinski definition) is 4. The number of halogens is 2. The lowest BCUT2D eigenvalue weighted by atomic mass is 9.97. The second-order valence-electron chi connectivity index (χ2n) is 5.77. The van der Waals surface area contributed by atoms with Crippen LogP contribution in [0.25, 0.3) is 10.2 Å². The highest BCUT2D eigenvalue weighted by Gasteiger charge is 2.19. The number of thiophene rings is 1. The van der Waals surface area contributed by atoms with Crippen LogP contribution in [0.4, 0.5) is 0 Å². The number of H-pyrrole nitrogens is 1. The molecule has 1 aliphatic carbocycles. The van der Waals surface area contributed by atoms with Crippen molar-refractivity contribution in [2.75, 3.05) is 0 Å². The van der Waals surface area contributed by atoms with Crippen molar-refractivity contribution in [3.8, 4) is 5.75 Å². The summed E-state index contributed by atoms with van der Waals surface area (Å²) in [6.07, 6.45) is 4.34. The first kappa shape index (κ1) is 15.9. The summed E-state index contributed by atoms with van der Waals surface area (Å²) < 4.78 is 5.66. The van der Waals surface area contributed by atoms with Crippen LogP contribution in [0.3, 0.4) is 0 Å². The SMILES string of the molecule is O=c1[nH]c(COc2ccc(Cl)c(Cl)c2)nc2sc3c(c12)CCCC3. The molecule has 1 N–H and O–H groups in total. The van der Waals surface area contributed by atoms with Gasteiger partial charge in [-0.2, -0.15) is 0 Å². The van der Waals surface area contributed by atoms with E-state index in [2.05, 4.69) is 9.97 Å². The first-order valence-corrected chi connectivity index (χ1v) is 9.30. The summed E-state index contributed by atoms with van der Waals surface area (Å²) in [5.74, 6) is 1.09. The van der Waals surface area contributed by atoms with Crippen LogP contribution in [-0.4, -0.2) is 9.97 Å². The molecule has 0 fully saturated rings. The summed E-state index contributed by atoms with van der Waals surface area (Å²) in [5.41, 5.74) is 1.11. The van der Waals surface area contributed by atoms with Gasteiger partial charge in [0, 0.05) is 10.9 Å². The number of aromatic nitrogens is 2. The van der Waals surface area contributed by atoms with Crippen molar-refractivity contribution in [2.24, 2.45) is 0 Å². The van der Waals surface area contributed by atoms with Crippen molar-refractivity contribution in [3.05, 3.63) is 54.9 Å². The number of hydrogen-bond donors (Lipinski definition) is 1. The molecule has 0 saturated carbocycles. The summed E-state index contributed by atoms with van der Waals surface area (Å²) in [5, 5.41) is 1.66. The van der Waals surface area contributed by atoms with Crippen LogP contribution >= 0.6 is 34.5 Å². The zero-order chi connectivity index (χ0) is 16.7. The van der Waals surface area contributed by atoms with E-state index in [0.717, 1.165) is 29.5 Å². The van der Waals surface area contributed by atoms with E-state index in [1.165, 1.54) is 16.9 Å². The smallest absolute Gasteiger partial charge is 0.260 e. The number of nitrogens with one attached hydrogen (secondary N) is 1. The maximum atomic E-state index is 12.5. The minimum Gasteiger partial charge on any atom is -0.486 e. The number of benzene rings is 1. The van der Waals surface area contributed by atoms with Crippen LogP contribution in [0.2, 0.25) is 10.0 Å². The van der Waals surface area contributed by atoms with Crippen molar-refractivity contribution in [1.82, 2.24) is 9.97 Å². The fourth-order valence-electron chi connectivity index (χ4n) is 3.00. The second-order valence-corrected chi connectivity index (χ2v) is 7.67. The maximum Gasteiger partial charge on any atom is 0.260 e. The molecule has 3 aromatic rings. The molecule has 1 aromatic carbocycles. The van der Waals surface area contributed by atoms with Crippen LogP contribution in [-0.2, 0) is 19.4 Å². The predicted molar refractivity (Wildman–Crippen MR) is 97.7 cm³/mol. The molecule has 0 radical (unpaired) electrons. The van der Waals surface area contributed by atoms with Gasteiger partial charge in [0.25, 0.3) is 5.56 Å². The Hall–Kier alpha value is -1.56. The predicted octanol–water partition coefficient (Wildman–Crippen LogP) is 4.75. The average Bonchev–Trinajstić information content (AvgIpc) is 2.94. The lowest BCUT2D eigenvalue weighted by molar-refractivity contribution is 0.296. The Morgan fingerprint density at radius 3 is 2.88 bits per heavy atom. The van der Waals surface area contributed by atoms with E-state index in [9.17, 15) is 4.79 Å². The van der Waals surface area contributed by atoms with Crippen LogP contribution in [0.5, 0.6) is 5.75 Å². The zero-order valence-electron chi connectivity index (χ0n) is 12.7. The summed E-state index contributed by atoms with van der Waals surface area (Å²) in [4.78, 5) is 22.0. The molecule has 0 saturated heterocycles. The van der Waals surface area contributed by atoms with E-state index >= 15 is 0 Å². The molecule has 4 rings (SSSR count). The monoisotopic (exact) mass is 380 g/mol. The van der Waals surface area contributed by atoms with E-state index in [0.29, 0.717) is 21.6 Å². The van der Waals surface area contributed by atoms with Crippen LogP contribution in [0.15, 0.2) is 23.0 Å². The van der Waals surface area contributed by atoms with Gasteiger partial charge in [-0.05, 0) is 43.4 Å². The van der Waals surface area contributed by atoms with Crippen LogP contribution in [0, 0.1) is 0 Å². The molecule has 2 heterocycles. The summed E-state index contributed by atoms with van der Waals surface area (Å²) in [6, 6.07) is 5.05. The number of ether oxygens (including phenoxy) is 1. The average molecular weight is 381 g/mol. The normalized spacial score (nSPS) is 13.9. The molecule has 2 aromatic heterocycles. The standard InChI is InChI=1S/C17H14Cl2N2O2S/c18-11-6-5-9(7-12(11)19)23-8-14-20-16(22)15-10-3-1-2-4-13(10)24-17(15)21-14/h5-7H,1-4,8H2,(H,20,21,22). The molecule has 0 aliphatic heterocycles. The Morgan fingerprint density at radius 2 is 2.04 bits per heavy atom. The summed E-state index contributed by atoms with van der Waals surface area (Å²) in [7, 11) is 0. The molecule has 124 valence electrons. The van der Waals surface area contributed by atoms with Gasteiger partial charge in [-0.1, -0.05) is 23.2 Å². The summed E-state index contributed by atoms with van der Waals surface area (Å²) in [6.45, 7) is 0.172. The quantitative estimate of drug-likeness (QED) is 0.713. The van der Waals surface area contributed by atoms with Crippen molar-refractivity contribution in [1.29, 1.82) is 0 Å². The van der Waals surface area contributed by atoms with Crippen molar-refractivity contribution in [2.45, 2.75) is 32.3 Å². The van der Waals surface area contributed by atoms with Gasteiger partial charge >= 0.3 is 0 Å². The molecule has 0 amide bonds. The van der Waals surface area contributed by atoms with Gasteiger partial charge in [0.05, 0.1) is 15.4 Å². The molecule has 0 bridgehead atoms. The van der Waals surface area contributed by atoms with E-state index < -0.39 is 0 Å². The van der Waals surface area contributed by atoms with Gasteiger partial charge in [0.15, 0.2) is 0 Å². The number of aromatic amines is 1. The van der Waals surface area contributed by atoms with Gasteiger partial charge in [-0.25, -0.2) is 4.98 Å². The Morgan fingerprint density at radius 1 is 1.21 bits per heavy atom. The van der Waals surface area contributed by atoms with Crippen molar-refractivity contribution >= 4 is 44.8 Å². The summed E-state index contributed by atoms with van der Waals surface area (Å²) >= 11 is 13.5. The van der Waals surface area contributed by atoms with E-state index in [1.54, 1.807) is 29.5 Å². The largest absolute Gasteiger partial charge is 0.486 e. The molecule has 0 spiro atoms. The lowest BCUT2D eigenvalue weighted by Crippen LogP contribution is -2.14. The highest BCUT2D eigenvalue weighted by atomic mass is 35.5. The number of fused-ring (bicyclic) bond motifs is 3. The number of nitrogens with zero attached hydrogens (tertiary/aromatic N) is 1. The van der Waals surface area contributed by atoms with Gasteiger partial charge in [-0.15, -0.1) is 11.3 Å². The third kappa shape index (κ3) is 2.92. The zero-order valence-corrected chi connectivity index (χ0v) is 15.0. The molecule has 4 nitrogen and oxygen atoms in total. The molecular weight excluding hydrogens is 367 g/mol. The topological polar surface area (TPSA) is 55.0 Å². The van der Waals surface area contributed by atoms with Crippen LogP contribution < -0.4 is 10.3 Å². The minimum atomic E-state index is -0.0767. The third-order valence-electron chi connectivity index (χ3n) is 4.14. The maximum absolute atomic E-state index is 12.5. The molecular formula is C17H14Cl2N2O2S. The highest BCUT2D eigenvalue weighted by Crippen LogP contribution is 2.33. The Balaban J connectivity index is 1.63. The molecule has 1 aliphatic rings. The third-order valence-corrected chi connectivity index (χ3v) is 6.07. The van der Waals surface area contributed by atoms with Crippen LogP contribution in [0.1, 0.15) is 29.1 Å². The number of rotatable bonds is 3. The van der Waals surface area contributed by atoms with E-state index in [-0.39, 0.29) is 12.2 Å². The first-order valence-electron chi connectivity index (χ1n) is 7.73. The fourth-order valence-corrected chi connectivity index (χ4v) is 4.56. The van der Waals surface area contributed by atoms with E-state index in [4.69, 9.17) is 27.9 Å². The van der Waals surface area contributed by atoms with Crippen molar-refractivity contribution < 1.29 is 4.74 Å². The molecule has 24 heavy (non-hydrogen) atoms. The minimum absolute atomic E-state index is 0.0767. The molecule has 7 heteroatoms. The van der Waals surface area contributed by atoms with E-state index in [1.807, 2.05) is 0 Å². The van der Waals surface area contributed by atoms with Gasteiger partial charge < -0.3 is 9.72 Å². The first-order chi connectivity index (χ1) is 11.6. The highest BCUT2D eigenvalue weighted by molar-refractivity contribution is 7.18.